The molecular formula is C22H31N5O4Si. The van der Waals surface area contributed by atoms with Gasteiger partial charge in [0.05, 0.1) is 17.4 Å². The van der Waals surface area contributed by atoms with Gasteiger partial charge in [0.15, 0.2) is 0 Å². The minimum atomic E-state index is -1.14. The fourth-order valence-electron chi connectivity index (χ4n) is 3.93. The van der Waals surface area contributed by atoms with E-state index in [1.54, 1.807) is 12.4 Å². The molecule has 3 aromatic heterocycles. The number of amides is 1. The molecule has 1 saturated heterocycles. The summed E-state index contributed by atoms with van der Waals surface area (Å²) in [4.78, 5) is 21.9. The second-order valence-corrected chi connectivity index (χ2v) is 15.1. The summed E-state index contributed by atoms with van der Waals surface area (Å²) in [6.07, 6.45) is 7.69. The zero-order chi connectivity index (χ0) is 22.7. The van der Waals surface area contributed by atoms with Crippen LogP contribution in [0.25, 0.3) is 22.5 Å². The Balaban J connectivity index is 1.60. The molecule has 1 aliphatic rings. The predicted molar refractivity (Wildman–Crippen MR) is 126 cm³/mol. The standard InChI is InChI=1S/C22H31N5O4Si/c1-32(2,3)12-11-30-15-27-9-6-17-19(25-16-5-4-8-26(14-16)22(28)29)18(13-24-20(17)27)21-23-7-10-31-21/h6-7,9-10,13,16H,4-5,8,11-12,14-15H2,1-3H3,(H,24,25)(H,28,29). The van der Waals surface area contributed by atoms with E-state index in [4.69, 9.17) is 9.15 Å². The summed E-state index contributed by atoms with van der Waals surface area (Å²) in [6, 6.07) is 3.12. The monoisotopic (exact) mass is 457 g/mol. The topological polar surface area (TPSA) is 106 Å². The van der Waals surface area contributed by atoms with Crippen LogP contribution in [0.15, 0.2) is 35.3 Å². The number of anilines is 1. The van der Waals surface area contributed by atoms with Crippen molar-refractivity contribution in [2.45, 2.75) is 51.3 Å². The number of piperidine rings is 1. The molecule has 1 aliphatic heterocycles. The van der Waals surface area contributed by atoms with Crippen LogP contribution in [-0.4, -0.2) is 64.4 Å². The number of nitrogens with one attached hydrogen (secondary N) is 1. The van der Waals surface area contributed by atoms with Gasteiger partial charge in [0, 0.05) is 51.6 Å². The fraction of sp³-hybridized carbons (Fsp3) is 0.500. The van der Waals surface area contributed by atoms with E-state index in [0.29, 0.717) is 25.7 Å². The zero-order valence-electron chi connectivity index (χ0n) is 18.9. The smallest absolute Gasteiger partial charge is 0.407 e. The van der Waals surface area contributed by atoms with Gasteiger partial charge in [-0.05, 0) is 25.0 Å². The predicted octanol–water partition coefficient (Wildman–Crippen LogP) is 4.56. The Morgan fingerprint density at radius 2 is 2.22 bits per heavy atom. The molecule has 1 atom stereocenters. The van der Waals surface area contributed by atoms with E-state index in [0.717, 1.165) is 47.8 Å². The molecule has 4 heterocycles. The summed E-state index contributed by atoms with van der Waals surface area (Å²) in [7, 11) is -1.14. The molecule has 4 rings (SSSR count). The first-order valence-corrected chi connectivity index (χ1v) is 14.7. The lowest BCUT2D eigenvalue weighted by atomic mass is 10.0. The number of ether oxygens (including phenoxy) is 1. The highest BCUT2D eigenvalue weighted by Gasteiger charge is 2.25. The number of rotatable bonds is 8. The average Bonchev–Trinajstić information content (AvgIpc) is 3.41. The Bertz CT molecular complexity index is 1060. The minimum Gasteiger partial charge on any atom is -0.465 e. The summed E-state index contributed by atoms with van der Waals surface area (Å²) in [5, 5.41) is 13.9. The number of pyridine rings is 1. The molecule has 32 heavy (non-hydrogen) atoms. The van der Waals surface area contributed by atoms with Crippen LogP contribution in [0.1, 0.15) is 12.8 Å². The van der Waals surface area contributed by atoms with Crippen molar-refractivity contribution in [1.29, 1.82) is 0 Å². The third kappa shape index (κ3) is 5.13. The van der Waals surface area contributed by atoms with Crippen molar-refractivity contribution in [2.24, 2.45) is 0 Å². The molecule has 0 spiro atoms. The normalized spacial score (nSPS) is 17.1. The highest BCUT2D eigenvalue weighted by Crippen LogP contribution is 2.34. The molecule has 0 aliphatic carbocycles. The van der Waals surface area contributed by atoms with Crippen LogP contribution >= 0.6 is 0 Å². The van der Waals surface area contributed by atoms with Crippen molar-refractivity contribution in [1.82, 2.24) is 19.4 Å². The fourth-order valence-corrected chi connectivity index (χ4v) is 4.69. The van der Waals surface area contributed by atoms with Crippen molar-refractivity contribution >= 4 is 30.9 Å². The molecule has 0 bridgehead atoms. The molecule has 0 aromatic carbocycles. The summed E-state index contributed by atoms with van der Waals surface area (Å²) in [5.74, 6) is 0.479. The number of carbonyl (C=O) groups is 1. The molecule has 0 saturated carbocycles. The third-order valence-electron chi connectivity index (χ3n) is 5.72. The maximum Gasteiger partial charge on any atom is 0.407 e. The van der Waals surface area contributed by atoms with Crippen LogP contribution in [0.5, 0.6) is 0 Å². The lowest BCUT2D eigenvalue weighted by Gasteiger charge is -2.32. The number of carboxylic acid groups (broad SMARTS) is 1. The van der Waals surface area contributed by atoms with Crippen molar-refractivity contribution in [2.75, 3.05) is 25.0 Å². The molecule has 1 unspecified atom stereocenters. The van der Waals surface area contributed by atoms with Gasteiger partial charge in [-0.25, -0.2) is 14.8 Å². The van der Waals surface area contributed by atoms with E-state index in [2.05, 4.69) is 34.9 Å². The molecule has 172 valence electrons. The number of hydrogen-bond donors (Lipinski definition) is 2. The average molecular weight is 458 g/mol. The first-order valence-electron chi connectivity index (χ1n) is 11.0. The lowest BCUT2D eigenvalue weighted by Crippen LogP contribution is -2.44. The van der Waals surface area contributed by atoms with Crippen LogP contribution in [0, 0.1) is 0 Å². The van der Waals surface area contributed by atoms with Crippen LogP contribution in [0.4, 0.5) is 10.5 Å². The molecule has 10 heteroatoms. The van der Waals surface area contributed by atoms with Gasteiger partial charge in [0.2, 0.25) is 5.89 Å². The molecular weight excluding hydrogens is 426 g/mol. The van der Waals surface area contributed by atoms with Gasteiger partial charge in [-0.15, -0.1) is 0 Å². The van der Waals surface area contributed by atoms with Gasteiger partial charge in [-0.3, -0.25) is 0 Å². The molecule has 2 N–H and O–H groups in total. The molecule has 3 aromatic rings. The van der Waals surface area contributed by atoms with E-state index in [9.17, 15) is 9.90 Å². The van der Waals surface area contributed by atoms with Gasteiger partial charge >= 0.3 is 6.09 Å². The Hall–Kier alpha value is -2.85. The zero-order valence-corrected chi connectivity index (χ0v) is 19.9. The van der Waals surface area contributed by atoms with E-state index in [1.807, 2.05) is 16.8 Å². The van der Waals surface area contributed by atoms with Gasteiger partial charge in [0.25, 0.3) is 0 Å². The minimum absolute atomic E-state index is 0.00416. The van der Waals surface area contributed by atoms with E-state index >= 15 is 0 Å². The van der Waals surface area contributed by atoms with Crippen LogP contribution < -0.4 is 5.32 Å². The molecule has 9 nitrogen and oxygen atoms in total. The Kier molecular flexibility index (Phi) is 6.52. The Labute approximate surface area is 188 Å². The Morgan fingerprint density at radius 3 is 2.94 bits per heavy atom. The van der Waals surface area contributed by atoms with Crippen molar-refractivity contribution in [3.63, 3.8) is 0 Å². The quantitative estimate of drug-likeness (QED) is 0.377. The number of nitrogens with zero attached hydrogens (tertiary/aromatic N) is 4. The van der Waals surface area contributed by atoms with Gasteiger partial charge in [-0.1, -0.05) is 19.6 Å². The van der Waals surface area contributed by atoms with Gasteiger partial charge in [-0.2, -0.15) is 0 Å². The number of hydrogen-bond acceptors (Lipinski definition) is 6. The first kappa shape index (κ1) is 22.3. The second-order valence-electron chi connectivity index (χ2n) is 9.47. The summed E-state index contributed by atoms with van der Waals surface area (Å²) in [6.45, 7) is 9.18. The van der Waals surface area contributed by atoms with Crippen LogP contribution in [0.2, 0.25) is 25.7 Å². The van der Waals surface area contributed by atoms with E-state index in [-0.39, 0.29) is 6.04 Å². The van der Waals surface area contributed by atoms with Crippen molar-refractivity contribution in [3.05, 3.63) is 30.9 Å². The van der Waals surface area contributed by atoms with Crippen molar-refractivity contribution in [3.8, 4) is 11.5 Å². The largest absolute Gasteiger partial charge is 0.465 e. The first-order chi connectivity index (χ1) is 15.3. The third-order valence-corrected chi connectivity index (χ3v) is 7.42. The maximum absolute atomic E-state index is 11.5. The summed E-state index contributed by atoms with van der Waals surface area (Å²) in [5.41, 5.74) is 2.42. The number of fused-ring (bicyclic) bond motifs is 1. The van der Waals surface area contributed by atoms with Gasteiger partial charge < -0.3 is 29.0 Å². The SMILES string of the molecule is C[Si](C)(C)CCOCn1ccc2c(NC3CCCN(C(=O)O)C3)c(-c3ncco3)cnc21. The lowest BCUT2D eigenvalue weighted by molar-refractivity contribution is 0.0899. The molecule has 0 radical (unpaired) electrons. The van der Waals surface area contributed by atoms with Gasteiger partial charge in [0.1, 0.15) is 18.6 Å². The summed E-state index contributed by atoms with van der Waals surface area (Å²) < 4.78 is 13.5. The van der Waals surface area contributed by atoms with Crippen molar-refractivity contribution < 1.29 is 19.1 Å². The number of oxazole rings is 1. The highest BCUT2D eigenvalue weighted by atomic mass is 28.3. The maximum atomic E-state index is 11.5. The van der Waals surface area contributed by atoms with E-state index < -0.39 is 14.2 Å². The molecule has 1 amide bonds. The second kappa shape index (κ2) is 9.33. The van der Waals surface area contributed by atoms with E-state index in [1.165, 1.54) is 11.2 Å². The van der Waals surface area contributed by atoms with Crippen LogP contribution in [0.3, 0.4) is 0 Å². The van der Waals surface area contributed by atoms with Crippen LogP contribution in [-0.2, 0) is 11.5 Å². The highest BCUT2D eigenvalue weighted by molar-refractivity contribution is 6.76. The number of aromatic nitrogens is 3. The Morgan fingerprint density at radius 1 is 1.38 bits per heavy atom. The molecule has 1 fully saturated rings. The number of likely N-dealkylation sites (tertiary alicyclic amines) is 1. The summed E-state index contributed by atoms with van der Waals surface area (Å²) >= 11 is 0.